The Morgan fingerprint density at radius 1 is 1.12 bits per heavy atom. The van der Waals surface area contributed by atoms with E-state index in [1.54, 1.807) is 24.3 Å². The van der Waals surface area contributed by atoms with Crippen molar-refractivity contribution in [3.63, 3.8) is 0 Å². The molecule has 0 unspecified atom stereocenters. The molecule has 33 heavy (non-hydrogen) atoms. The Labute approximate surface area is 194 Å². The molecule has 9 heteroatoms. The first-order valence-corrected chi connectivity index (χ1v) is 12.6. The molecular weight excluding hydrogens is 445 g/mol. The molecule has 2 aromatic rings. The third-order valence-corrected chi connectivity index (χ3v) is 7.76. The van der Waals surface area contributed by atoms with Gasteiger partial charge in [-0.05, 0) is 68.1 Å². The zero-order chi connectivity index (χ0) is 24.0. The summed E-state index contributed by atoms with van der Waals surface area (Å²) in [7, 11) is -3.79. The average Bonchev–Trinajstić information content (AvgIpc) is 2.83. The molecule has 2 N–H and O–H groups in total. The van der Waals surface area contributed by atoms with Gasteiger partial charge in [0.2, 0.25) is 15.9 Å². The molecule has 1 aliphatic heterocycles. The molecule has 0 aliphatic carbocycles. The number of nitrogens with one attached hydrogen (secondary N) is 2. The topological polar surface area (TPSA) is 95.6 Å². The van der Waals surface area contributed by atoms with E-state index >= 15 is 0 Å². The number of halogens is 1. The van der Waals surface area contributed by atoms with Crippen LogP contribution in [-0.4, -0.2) is 43.7 Å². The van der Waals surface area contributed by atoms with Gasteiger partial charge in [-0.3, -0.25) is 9.59 Å². The smallest absolute Gasteiger partial charge is 0.251 e. The molecule has 2 aromatic carbocycles. The van der Waals surface area contributed by atoms with E-state index in [9.17, 15) is 22.4 Å². The van der Waals surface area contributed by atoms with E-state index in [4.69, 9.17) is 0 Å². The summed E-state index contributed by atoms with van der Waals surface area (Å²) in [4.78, 5) is 24.9. The molecule has 3 rings (SSSR count). The molecule has 1 heterocycles. The van der Waals surface area contributed by atoms with Crippen molar-refractivity contribution in [2.45, 2.75) is 50.6 Å². The van der Waals surface area contributed by atoms with E-state index in [2.05, 4.69) is 10.6 Å². The van der Waals surface area contributed by atoms with Crippen LogP contribution >= 0.6 is 0 Å². The number of hydrogen-bond acceptors (Lipinski definition) is 4. The fourth-order valence-electron chi connectivity index (χ4n) is 3.65. The van der Waals surface area contributed by atoms with Gasteiger partial charge in [0.25, 0.3) is 5.91 Å². The van der Waals surface area contributed by atoms with E-state index < -0.39 is 21.8 Å². The number of amides is 2. The highest BCUT2D eigenvalue weighted by molar-refractivity contribution is 7.89. The Kier molecular flexibility index (Phi) is 8.20. The van der Waals surface area contributed by atoms with Crippen molar-refractivity contribution >= 4 is 21.8 Å². The molecule has 2 atom stereocenters. The molecule has 0 aromatic heterocycles. The van der Waals surface area contributed by atoms with Crippen molar-refractivity contribution in [2.24, 2.45) is 5.92 Å². The first-order valence-electron chi connectivity index (χ1n) is 11.1. The van der Waals surface area contributed by atoms with Crippen LogP contribution in [-0.2, 0) is 21.4 Å². The summed E-state index contributed by atoms with van der Waals surface area (Å²) in [5.74, 6) is -1.32. The molecule has 0 radical (unpaired) electrons. The fraction of sp³-hybridized carbons (Fsp3) is 0.417. The van der Waals surface area contributed by atoms with Crippen molar-refractivity contribution in [3.05, 3.63) is 65.5 Å². The maximum atomic E-state index is 13.2. The zero-order valence-corrected chi connectivity index (χ0v) is 19.7. The Hall–Kier alpha value is -2.78. The number of hydrogen-bond donors (Lipinski definition) is 2. The highest BCUT2D eigenvalue weighted by atomic mass is 32.2. The molecule has 0 spiro atoms. The van der Waals surface area contributed by atoms with Gasteiger partial charge in [-0.1, -0.05) is 19.1 Å². The molecule has 0 bridgehead atoms. The largest absolute Gasteiger partial charge is 0.352 e. The Morgan fingerprint density at radius 3 is 2.42 bits per heavy atom. The van der Waals surface area contributed by atoms with Crippen LogP contribution in [0.3, 0.4) is 0 Å². The van der Waals surface area contributed by atoms with Crippen molar-refractivity contribution in [2.75, 3.05) is 13.1 Å². The number of piperidine rings is 1. The predicted molar refractivity (Wildman–Crippen MR) is 123 cm³/mol. The predicted octanol–water partition coefficient (Wildman–Crippen LogP) is 3.07. The highest BCUT2D eigenvalue weighted by Gasteiger charge is 2.33. The van der Waals surface area contributed by atoms with Crippen molar-refractivity contribution in [1.29, 1.82) is 0 Å². The first-order chi connectivity index (χ1) is 15.7. The lowest BCUT2D eigenvalue weighted by molar-refractivity contribution is -0.126. The summed E-state index contributed by atoms with van der Waals surface area (Å²) >= 11 is 0. The average molecular weight is 476 g/mol. The molecule has 178 valence electrons. The lowest BCUT2D eigenvalue weighted by Crippen LogP contribution is -2.45. The Balaban J connectivity index is 1.56. The Morgan fingerprint density at radius 2 is 1.79 bits per heavy atom. The van der Waals surface area contributed by atoms with Gasteiger partial charge in [0, 0.05) is 31.2 Å². The van der Waals surface area contributed by atoms with Crippen LogP contribution in [0.15, 0.2) is 53.4 Å². The van der Waals surface area contributed by atoms with Gasteiger partial charge >= 0.3 is 0 Å². The zero-order valence-electron chi connectivity index (χ0n) is 18.9. The summed E-state index contributed by atoms with van der Waals surface area (Å²) in [5, 5.41) is 5.78. The lowest BCUT2D eigenvalue weighted by Gasteiger charge is -2.31. The maximum Gasteiger partial charge on any atom is 0.251 e. The SMILES string of the molecule is CC[C@H](C)NC(=O)c1ccc(CNC(=O)[C@H]2CCCN(S(=O)(=O)c3ccc(F)cc3)C2)cc1. The second-order valence-corrected chi connectivity index (χ2v) is 10.3. The molecule has 0 saturated carbocycles. The third kappa shape index (κ3) is 6.39. The van der Waals surface area contributed by atoms with Crippen LogP contribution in [0.5, 0.6) is 0 Å². The van der Waals surface area contributed by atoms with E-state index in [1.807, 2.05) is 13.8 Å². The number of benzene rings is 2. The number of rotatable bonds is 8. The van der Waals surface area contributed by atoms with Crippen molar-refractivity contribution in [3.8, 4) is 0 Å². The van der Waals surface area contributed by atoms with E-state index in [1.165, 1.54) is 16.4 Å². The monoisotopic (exact) mass is 475 g/mol. The van der Waals surface area contributed by atoms with Crippen LogP contribution in [0.1, 0.15) is 49.0 Å². The third-order valence-electron chi connectivity index (χ3n) is 5.88. The quantitative estimate of drug-likeness (QED) is 0.613. The molecule has 7 nitrogen and oxygen atoms in total. The summed E-state index contributed by atoms with van der Waals surface area (Å²) in [5.41, 5.74) is 1.40. The van der Waals surface area contributed by atoms with Crippen LogP contribution in [0, 0.1) is 11.7 Å². The number of sulfonamides is 1. The summed E-state index contributed by atoms with van der Waals surface area (Å²) < 4.78 is 40.2. The number of carbonyl (C=O) groups excluding carboxylic acids is 2. The van der Waals surface area contributed by atoms with Gasteiger partial charge in [-0.2, -0.15) is 4.31 Å². The number of nitrogens with zero attached hydrogens (tertiary/aromatic N) is 1. The fourth-order valence-corrected chi connectivity index (χ4v) is 5.17. The first kappa shape index (κ1) is 24.9. The van der Waals surface area contributed by atoms with Crippen LogP contribution in [0.4, 0.5) is 4.39 Å². The maximum absolute atomic E-state index is 13.2. The second kappa shape index (κ2) is 10.9. The van der Waals surface area contributed by atoms with Gasteiger partial charge in [-0.25, -0.2) is 12.8 Å². The van der Waals surface area contributed by atoms with Gasteiger partial charge in [-0.15, -0.1) is 0 Å². The standard InChI is InChI=1S/C24H30FN3O4S/c1-3-17(2)27-24(30)19-8-6-18(7-9-19)15-26-23(29)20-5-4-14-28(16-20)33(31,32)22-12-10-21(25)11-13-22/h6-13,17,20H,3-5,14-16H2,1-2H3,(H,26,29)(H,27,30)/t17-,20-/m0/s1. The van der Waals surface area contributed by atoms with E-state index in [0.29, 0.717) is 24.9 Å². The summed E-state index contributed by atoms with van der Waals surface area (Å²) in [6.45, 7) is 4.64. The van der Waals surface area contributed by atoms with Gasteiger partial charge in [0.1, 0.15) is 5.82 Å². The summed E-state index contributed by atoms with van der Waals surface area (Å²) in [6.07, 6.45) is 2.01. The van der Waals surface area contributed by atoms with Crippen LogP contribution in [0.25, 0.3) is 0 Å². The molecule has 2 amide bonds. The minimum absolute atomic E-state index is 0.0161. The highest BCUT2D eigenvalue weighted by Crippen LogP contribution is 2.24. The second-order valence-electron chi connectivity index (χ2n) is 8.35. The van der Waals surface area contributed by atoms with Crippen molar-refractivity contribution in [1.82, 2.24) is 14.9 Å². The van der Waals surface area contributed by atoms with E-state index in [0.717, 1.165) is 24.1 Å². The molecule has 1 fully saturated rings. The lowest BCUT2D eigenvalue weighted by atomic mass is 9.98. The van der Waals surface area contributed by atoms with Gasteiger partial charge < -0.3 is 10.6 Å². The van der Waals surface area contributed by atoms with Gasteiger partial charge in [0.05, 0.1) is 10.8 Å². The Bertz CT molecular complexity index is 1070. The van der Waals surface area contributed by atoms with Crippen LogP contribution < -0.4 is 10.6 Å². The molecule has 1 aliphatic rings. The van der Waals surface area contributed by atoms with Gasteiger partial charge in [0.15, 0.2) is 0 Å². The number of carbonyl (C=O) groups is 2. The normalized spacial score (nSPS) is 17.8. The van der Waals surface area contributed by atoms with E-state index in [-0.39, 0.29) is 35.8 Å². The molecule has 1 saturated heterocycles. The molecular formula is C24H30FN3O4S. The minimum atomic E-state index is -3.79. The minimum Gasteiger partial charge on any atom is -0.352 e. The summed E-state index contributed by atoms with van der Waals surface area (Å²) in [6, 6.07) is 11.8. The van der Waals surface area contributed by atoms with Crippen molar-refractivity contribution < 1.29 is 22.4 Å². The van der Waals surface area contributed by atoms with Crippen LogP contribution in [0.2, 0.25) is 0 Å².